The van der Waals surface area contributed by atoms with Gasteiger partial charge in [-0.05, 0) is 59.8 Å². The van der Waals surface area contributed by atoms with Crippen LogP contribution in [0.4, 0.5) is 0 Å². The van der Waals surface area contributed by atoms with Crippen molar-refractivity contribution in [3.63, 3.8) is 0 Å². The maximum atomic E-state index is 5.88. The van der Waals surface area contributed by atoms with Crippen molar-refractivity contribution in [1.82, 2.24) is 5.32 Å². The van der Waals surface area contributed by atoms with Crippen LogP contribution in [0.1, 0.15) is 31.7 Å². The second-order valence-corrected chi connectivity index (χ2v) is 6.49. The van der Waals surface area contributed by atoms with Crippen molar-refractivity contribution in [3.8, 4) is 11.5 Å². The first kappa shape index (κ1) is 15.1. The van der Waals surface area contributed by atoms with Crippen molar-refractivity contribution in [3.05, 3.63) is 22.2 Å². The number of rotatable bonds is 6. The van der Waals surface area contributed by atoms with Gasteiger partial charge in [-0.1, -0.05) is 0 Å². The first-order chi connectivity index (χ1) is 10.2. The average molecular weight is 356 g/mol. The number of ether oxygens (including phenoxy) is 3. The normalized spacial score (nSPS) is 27.1. The van der Waals surface area contributed by atoms with E-state index in [1.54, 1.807) is 7.11 Å². The molecular formula is C16H22BrNO3. The van der Waals surface area contributed by atoms with Gasteiger partial charge in [-0.2, -0.15) is 0 Å². The van der Waals surface area contributed by atoms with Gasteiger partial charge in [0.25, 0.3) is 0 Å². The molecule has 5 heteroatoms. The Kier molecular flexibility index (Phi) is 4.72. The molecule has 21 heavy (non-hydrogen) atoms. The number of fused-ring (bicyclic) bond motifs is 2. The third kappa shape index (κ3) is 3.20. The lowest BCUT2D eigenvalue weighted by Crippen LogP contribution is -2.36. The van der Waals surface area contributed by atoms with Gasteiger partial charge in [0, 0.05) is 12.6 Å². The fourth-order valence-electron chi connectivity index (χ4n) is 3.26. The summed E-state index contributed by atoms with van der Waals surface area (Å²) in [5.41, 5.74) is 1.19. The Bertz CT molecular complexity index is 509. The van der Waals surface area contributed by atoms with Gasteiger partial charge >= 0.3 is 0 Å². The summed E-state index contributed by atoms with van der Waals surface area (Å²) in [4.78, 5) is 0. The van der Waals surface area contributed by atoms with Crippen molar-refractivity contribution in [2.45, 2.75) is 51.0 Å². The minimum Gasteiger partial charge on any atom is -0.493 e. The lowest BCUT2D eigenvalue weighted by Gasteiger charge is -2.20. The van der Waals surface area contributed by atoms with Crippen LogP contribution in [0.2, 0.25) is 0 Å². The van der Waals surface area contributed by atoms with E-state index in [4.69, 9.17) is 14.2 Å². The molecule has 0 saturated carbocycles. The fraction of sp³-hybridized carbons (Fsp3) is 0.625. The van der Waals surface area contributed by atoms with Gasteiger partial charge in [-0.25, -0.2) is 0 Å². The number of halogens is 1. The molecular weight excluding hydrogens is 334 g/mol. The van der Waals surface area contributed by atoms with Gasteiger partial charge in [-0.15, -0.1) is 0 Å². The van der Waals surface area contributed by atoms with Crippen LogP contribution in [0.15, 0.2) is 16.6 Å². The molecule has 3 rings (SSSR count). The Labute approximate surface area is 134 Å². The molecule has 0 amide bonds. The molecule has 2 bridgehead atoms. The van der Waals surface area contributed by atoms with E-state index in [0.717, 1.165) is 28.9 Å². The molecule has 1 aromatic rings. The molecule has 1 N–H and O–H groups in total. The summed E-state index contributed by atoms with van der Waals surface area (Å²) in [5.74, 6) is 1.54. The molecule has 3 unspecified atom stereocenters. The zero-order valence-electron chi connectivity index (χ0n) is 12.5. The van der Waals surface area contributed by atoms with Gasteiger partial charge in [0.15, 0.2) is 11.5 Å². The van der Waals surface area contributed by atoms with Crippen molar-refractivity contribution >= 4 is 15.9 Å². The Hall–Kier alpha value is -0.780. The zero-order chi connectivity index (χ0) is 14.8. The smallest absolute Gasteiger partial charge is 0.175 e. The SMILES string of the molecule is CCOc1c(Br)cc(CNC2CC3CCC2O3)cc1OC. The summed E-state index contributed by atoms with van der Waals surface area (Å²) in [6.07, 6.45) is 4.45. The largest absolute Gasteiger partial charge is 0.493 e. The fourth-order valence-corrected chi connectivity index (χ4v) is 3.87. The van der Waals surface area contributed by atoms with Crippen molar-refractivity contribution in [2.75, 3.05) is 13.7 Å². The Balaban J connectivity index is 1.66. The highest BCUT2D eigenvalue weighted by Crippen LogP contribution is 2.37. The summed E-state index contributed by atoms with van der Waals surface area (Å²) in [5, 5.41) is 3.62. The van der Waals surface area contributed by atoms with Crippen molar-refractivity contribution in [1.29, 1.82) is 0 Å². The van der Waals surface area contributed by atoms with E-state index in [1.807, 2.05) is 13.0 Å². The van der Waals surface area contributed by atoms with E-state index < -0.39 is 0 Å². The van der Waals surface area contributed by atoms with Gasteiger partial charge in [0.05, 0.1) is 30.4 Å². The molecule has 2 heterocycles. The third-order valence-corrected chi connectivity index (χ3v) is 4.84. The lowest BCUT2D eigenvalue weighted by molar-refractivity contribution is 0.0973. The summed E-state index contributed by atoms with van der Waals surface area (Å²) < 4.78 is 17.9. The number of hydrogen-bond donors (Lipinski definition) is 1. The first-order valence-electron chi connectivity index (χ1n) is 7.59. The Morgan fingerprint density at radius 2 is 2.24 bits per heavy atom. The summed E-state index contributed by atoms with van der Waals surface area (Å²) in [6, 6.07) is 4.62. The van der Waals surface area contributed by atoms with Gasteiger partial charge in [-0.3, -0.25) is 0 Å². The van der Waals surface area contributed by atoms with Crippen LogP contribution in [-0.2, 0) is 11.3 Å². The number of methoxy groups -OCH3 is 1. The van der Waals surface area contributed by atoms with E-state index in [1.165, 1.54) is 18.4 Å². The highest BCUT2D eigenvalue weighted by Gasteiger charge is 2.40. The maximum Gasteiger partial charge on any atom is 0.175 e. The van der Waals surface area contributed by atoms with Crippen molar-refractivity contribution < 1.29 is 14.2 Å². The van der Waals surface area contributed by atoms with E-state index in [-0.39, 0.29) is 0 Å². The molecule has 0 aliphatic carbocycles. The van der Waals surface area contributed by atoms with E-state index in [9.17, 15) is 0 Å². The third-order valence-electron chi connectivity index (χ3n) is 4.25. The topological polar surface area (TPSA) is 39.7 Å². The maximum absolute atomic E-state index is 5.88. The van der Waals surface area contributed by atoms with Crippen LogP contribution in [0.25, 0.3) is 0 Å². The minimum absolute atomic E-state index is 0.406. The first-order valence-corrected chi connectivity index (χ1v) is 8.38. The molecule has 2 aliphatic rings. The summed E-state index contributed by atoms with van der Waals surface area (Å²) in [6.45, 7) is 3.41. The standard InChI is InChI=1S/C16H22BrNO3/c1-3-20-16-12(17)6-10(7-15(16)19-2)9-18-13-8-11-4-5-14(13)21-11/h6-7,11,13-14,18H,3-5,8-9H2,1-2H3. The van der Waals surface area contributed by atoms with Gasteiger partial charge in [0.2, 0.25) is 0 Å². The van der Waals surface area contributed by atoms with Crippen molar-refractivity contribution in [2.24, 2.45) is 0 Å². The molecule has 0 aromatic heterocycles. The summed E-state index contributed by atoms with van der Waals surface area (Å²) >= 11 is 3.57. The van der Waals surface area contributed by atoms with E-state index in [0.29, 0.717) is 24.9 Å². The van der Waals surface area contributed by atoms with Crippen LogP contribution in [-0.4, -0.2) is 32.0 Å². The monoisotopic (exact) mass is 355 g/mol. The van der Waals surface area contributed by atoms with Crippen LogP contribution in [0.5, 0.6) is 11.5 Å². The Morgan fingerprint density at radius 3 is 2.86 bits per heavy atom. The molecule has 116 valence electrons. The second-order valence-electron chi connectivity index (χ2n) is 5.64. The molecule has 0 spiro atoms. The minimum atomic E-state index is 0.406. The highest BCUT2D eigenvalue weighted by atomic mass is 79.9. The predicted molar refractivity (Wildman–Crippen MR) is 85.0 cm³/mol. The number of benzene rings is 1. The average Bonchev–Trinajstić information content (AvgIpc) is 3.10. The highest BCUT2D eigenvalue weighted by molar-refractivity contribution is 9.10. The molecule has 2 saturated heterocycles. The summed E-state index contributed by atoms with van der Waals surface area (Å²) in [7, 11) is 1.67. The molecule has 2 fully saturated rings. The van der Waals surface area contributed by atoms with E-state index in [2.05, 4.69) is 27.3 Å². The quantitative estimate of drug-likeness (QED) is 0.849. The number of nitrogens with one attached hydrogen (secondary N) is 1. The molecule has 0 radical (unpaired) electrons. The van der Waals surface area contributed by atoms with Crippen LogP contribution < -0.4 is 14.8 Å². The molecule has 4 nitrogen and oxygen atoms in total. The lowest BCUT2D eigenvalue weighted by atomic mass is 9.95. The second kappa shape index (κ2) is 6.55. The van der Waals surface area contributed by atoms with E-state index >= 15 is 0 Å². The predicted octanol–water partition coefficient (Wildman–Crippen LogP) is 3.27. The molecule has 2 aliphatic heterocycles. The molecule has 3 atom stereocenters. The van der Waals surface area contributed by atoms with Crippen LogP contribution in [0.3, 0.4) is 0 Å². The van der Waals surface area contributed by atoms with Crippen LogP contribution in [0, 0.1) is 0 Å². The molecule has 1 aromatic carbocycles. The Morgan fingerprint density at radius 1 is 1.38 bits per heavy atom. The van der Waals surface area contributed by atoms with Gasteiger partial charge < -0.3 is 19.5 Å². The zero-order valence-corrected chi connectivity index (χ0v) is 14.1. The van der Waals surface area contributed by atoms with Gasteiger partial charge in [0.1, 0.15) is 0 Å². The van der Waals surface area contributed by atoms with Crippen LogP contribution >= 0.6 is 15.9 Å². The number of hydrogen-bond acceptors (Lipinski definition) is 4.